The molecule has 6 rings (SSSR count). The van der Waals surface area contributed by atoms with Crippen molar-refractivity contribution in [3.8, 4) is 0 Å². The third-order valence-electron chi connectivity index (χ3n) is 6.81. The Morgan fingerprint density at radius 3 is 2.68 bits per heavy atom. The van der Waals surface area contributed by atoms with Crippen molar-refractivity contribution in [2.75, 3.05) is 16.9 Å². The van der Waals surface area contributed by atoms with Crippen LogP contribution in [0.4, 0.5) is 11.6 Å². The Labute approximate surface area is 219 Å². The number of hydrogen-bond acceptors (Lipinski definition) is 7. The fraction of sp³-hybridized carbons (Fsp3) is 0.308. The summed E-state index contributed by atoms with van der Waals surface area (Å²) in [6.45, 7) is 0.327. The fourth-order valence-corrected chi connectivity index (χ4v) is 5.68. The minimum Gasteiger partial charge on any atom is -0.364 e. The highest BCUT2D eigenvalue weighted by molar-refractivity contribution is 7.91. The first-order valence-corrected chi connectivity index (χ1v) is 14.4. The molecule has 3 heterocycles. The molecular weight excluding hydrogens is 512 g/mol. The number of nitrogens with zero attached hydrogens (tertiary/aromatic N) is 4. The van der Waals surface area contributed by atoms with Crippen molar-refractivity contribution in [2.24, 2.45) is 5.92 Å². The number of carbonyl (C=O) groups excluding carboxylic acids is 1. The normalized spacial score (nSPS) is 19.1. The van der Waals surface area contributed by atoms with Crippen LogP contribution in [-0.4, -0.2) is 39.9 Å². The van der Waals surface area contributed by atoms with Crippen LogP contribution in [0.5, 0.6) is 0 Å². The molecule has 11 heteroatoms. The summed E-state index contributed by atoms with van der Waals surface area (Å²) in [5.41, 5.74) is 3.17. The van der Waals surface area contributed by atoms with Crippen LogP contribution >= 0.6 is 11.6 Å². The minimum atomic E-state index is -3.43. The van der Waals surface area contributed by atoms with Gasteiger partial charge in [0.25, 0.3) is 0 Å². The Morgan fingerprint density at radius 2 is 1.92 bits per heavy atom. The Kier molecular flexibility index (Phi) is 5.88. The number of amides is 1. The molecule has 2 N–H and O–H groups in total. The third kappa shape index (κ3) is 5.17. The molecule has 1 aromatic carbocycles. The van der Waals surface area contributed by atoms with E-state index < -0.39 is 9.84 Å². The lowest BCUT2D eigenvalue weighted by atomic mass is 10.1. The lowest BCUT2D eigenvalue weighted by Crippen LogP contribution is -2.16. The Bertz CT molecular complexity index is 1630. The number of imidazole rings is 1. The molecule has 2 aliphatic rings. The molecule has 9 nitrogen and oxygen atoms in total. The summed E-state index contributed by atoms with van der Waals surface area (Å²) in [7, 11) is -3.43. The van der Waals surface area contributed by atoms with Gasteiger partial charge in [-0.05, 0) is 60.4 Å². The van der Waals surface area contributed by atoms with Crippen molar-refractivity contribution in [2.45, 2.75) is 42.5 Å². The van der Waals surface area contributed by atoms with Crippen LogP contribution in [0, 0.1) is 5.92 Å². The van der Waals surface area contributed by atoms with E-state index in [1.165, 1.54) is 12.6 Å². The molecule has 2 saturated carbocycles. The van der Waals surface area contributed by atoms with Gasteiger partial charge in [-0.3, -0.25) is 4.79 Å². The van der Waals surface area contributed by atoms with E-state index in [0.717, 1.165) is 30.4 Å². The van der Waals surface area contributed by atoms with Crippen LogP contribution in [-0.2, 0) is 21.2 Å². The van der Waals surface area contributed by atoms with Crippen LogP contribution in [0.3, 0.4) is 0 Å². The highest BCUT2D eigenvalue weighted by atomic mass is 35.5. The largest absolute Gasteiger partial charge is 0.364 e. The second kappa shape index (κ2) is 9.11. The van der Waals surface area contributed by atoms with Gasteiger partial charge < -0.3 is 15.0 Å². The van der Waals surface area contributed by atoms with E-state index in [9.17, 15) is 13.2 Å². The highest BCUT2D eigenvalue weighted by Crippen LogP contribution is 2.48. The predicted octanol–water partition coefficient (Wildman–Crippen LogP) is 4.41. The molecule has 2 atom stereocenters. The molecule has 2 fully saturated rings. The first-order valence-electron chi connectivity index (χ1n) is 12.1. The van der Waals surface area contributed by atoms with Gasteiger partial charge >= 0.3 is 0 Å². The van der Waals surface area contributed by atoms with Gasteiger partial charge in [0.05, 0.1) is 12.2 Å². The monoisotopic (exact) mass is 536 g/mol. The summed E-state index contributed by atoms with van der Waals surface area (Å²) in [6.07, 6.45) is 9.31. The summed E-state index contributed by atoms with van der Waals surface area (Å²) in [5.74, 6) is 1.29. The first kappa shape index (κ1) is 23.9. The number of sulfone groups is 1. The molecule has 0 saturated heterocycles. The van der Waals surface area contributed by atoms with E-state index >= 15 is 0 Å². The van der Waals surface area contributed by atoms with Crippen molar-refractivity contribution in [3.05, 3.63) is 77.0 Å². The van der Waals surface area contributed by atoms with Crippen molar-refractivity contribution >= 4 is 44.6 Å². The Morgan fingerprint density at radius 1 is 1.11 bits per heavy atom. The Balaban J connectivity index is 1.13. The molecule has 1 amide bonds. The zero-order valence-corrected chi connectivity index (χ0v) is 21.6. The molecule has 37 heavy (non-hydrogen) atoms. The lowest BCUT2D eigenvalue weighted by molar-refractivity contribution is -0.117. The van der Waals surface area contributed by atoms with Gasteiger partial charge in [0.15, 0.2) is 15.5 Å². The van der Waals surface area contributed by atoms with E-state index in [0.29, 0.717) is 40.5 Å². The zero-order chi connectivity index (χ0) is 25.7. The molecule has 0 radical (unpaired) electrons. The number of pyridine rings is 1. The summed E-state index contributed by atoms with van der Waals surface area (Å²) in [5, 5.41) is 6.73. The molecule has 4 aromatic rings. The minimum absolute atomic E-state index is 0.0882. The second-order valence-corrected chi connectivity index (χ2v) is 12.2. The van der Waals surface area contributed by atoms with Gasteiger partial charge in [0.1, 0.15) is 22.9 Å². The second-order valence-electron chi connectivity index (χ2n) is 9.78. The van der Waals surface area contributed by atoms with Crippen LogP contribution in [0.2, 0.25) is 5.02 Å². The molecule has 0 bridgehead atoms. The van der Waals surface area contributed by atoms with Crippen molar-refractivity contribution in [1.82, 2.24) is 19.4 Å². The molecule has 0 spiro atoms. The van der Waals surface area contributed by atoms with E-state index in [4.69, 9.17) is 11.6 Å². The topological polar surface area (TPSA) is 118 Å². The number of aromatic nitrogens is 4. The number of carbonyl (C=O) groups is 1. The smallest absolute Gasteiger partial charge is 0.229 e. The van der Waals surface area contributed by atoms with Crippen molar-refractivity contribution in [1.29, 1.82) is 0 Å². The molecule has 0 aliphatic heterocycles. The first-order chi connectivity index (χ1) is 17.7. The zero-order valence-electron chi connectivity index (χ0n) is 20.1. The molecule has 3 aromatic heterocycles. The van der Waals surface area contributed by atoms with Crippen LogP contribution in [0.15, 0.2) is 60.0 Å². The number of hydrogen-bond donors (Lipinski definition) is 2. The van der Waals surface area contributed by atoms with Crippen molar-refractivity contribution < 1.29 is 13.2 Å². The van der Waals surface area contributed by atoms with Gasteiger partial charge in [-0.15, -0.1) is 0 Å². The van der Waals surface area contributed by atoms with Crippen molar-refractivity contribution in [3.63, 3.8) is 0 Å². The quantitative estimate of drug-likeness (QED) is 0.342. The van der Waals surface area contributed by atoms with E-state index in [2.05, 4.69) is 25.6 Å². The maximum Gasteiger partial charge on any atom is 0.229 e. The van der Waals surface area contributed by atoms with E-state index in [-0.39, 0.29) is 22.6 Å². The number of benzene rings is 1. The molecular formula is C26H25ClN6O3S. The number of fused-ring (bicyclic) bond motifs is 1. The van der Waals surface area contributed by atoms with Crippen LogP contribution < -0.4 is 10.6 Å². The average molecular weight is 537 g/mol. The number of rotatable bonds is 8. The van der Waals surface area contributed by atoms with Gasteiger partial charge in [0.2, 0.25) is 5.91 Å². The lowest BCUT2D eigenvalue weighted by Gasteiger charge is -2.07. The number of nitrogens with one attached hydrogen (secondary N) is 2. The Hall–Kier alpha value is -3.50. The van der Waals surface area contributed by atoms with Crippen LogP contribution in [0.25, 0.3) is 5.65 Å². The van der Waals surface area contributed by atoms with Crippen LogP contribution in [0.1, 0.15) is 47.9 Å². The highest BCUT2D eigenvalue weighted by Gasteiger charge is 2.44. The van der Waals surface area contributed by atoms with E-state index in [1.54, 1.807) is 16.5 Å². The van der Waals surface area contributed by atoms with E-state index in [1.807, 2.05) is 36.7 Å². The fourth-order valence-electron chi connectivity index (χ4n) is 4.65. The standard InChI is InChI=1S/C26H25ClN6O3S/c1-37(35,36)22-8-17(15-5-6-15)12-33-13-19(31-25(22)33)11-28-23-10-24(30-14-29-23)32-26(34)21-9-20(21)16-3-2-4-18(27)7-16/h2-4,7-8,10,12-15,20-21H,5-6,9,11H2,1H3,(H2,28,29,30,32,34). The van der Waals surface area contributed by atoms with Gasteiger partial charge in [-0.2, -0.15) is 0 Å². The summed E-state index contributed by atoms with van der Waals surface area (Å²) >= 11 is 6.08. The number of halogens is 1. The van der Waals surface area contributed by atoms with Gasteiger partial charge in [-0.25, -0.2) is 23.4 Å². The summed E-state index contributed by atoms with van der Waals surface area (Å²) in [4.78, 5) is 25.9. The number of anilines is 2. The SMILES string of the molecule is CS(=O)(=O)c1cc(C2CC2)cn2cc(CNc3cc(NC(=O)C4CC4c4cccc(Cl)c4)ncn3)nc12. The van der Waals surface area contributed by atoms with Gasteiger partial charge in [0, 0.05) is 35.7 Å². The predicted molar refractivity (Wildman–Crippen MR) is 141 cm³/mol. The maximum absolute atomic E-state index is 12.7. The average Bonchev–Trinajstić information content (AvgIpc) is 3.78. The summed E-state index contributed by atoms with van der Waals surface area (Å²) < 4.78 is 26.6. The van der Waals surface area contributed by atoms with Gasteiger partial charge in [-0.1, -0.05) is 23.7 Å². The molecule has 2 aliphatic carbocycles. The maximum atomic E-state index is 12.7. The molecule has 190 valence electrons. The molecule has 2 unspecified atom stereocenters. The summed E-state index contributed by atoms with van der Waals surface area (Å²) in [6, 6.07) is 11.0. The third-order valence-corrected chi connectivity index (χ3v) is 8.14.